The number of piperazine rings is 1. The predicted octanol–water partition coefficient (Wildman–Crippen LogP) is 1.55. The van der Waals surface area contributed by atoms with E-state index in [-0.39, 0.29) is 23.7 Å². The van der Waals surface area contributed by atoms with Gasteiger partial charge in [-0.1, -0.05) is 32.0 Å². The molecule has 0 amide bonds. The summed E-state index contributed by atoms with van der Waals surface area (Å²) >= 11 is 1.91. The summed E-state index contributed by atoms with van der Waals surface area (Å²) in [6, 6.07) is 10.5. The number of nitrogens with zero attached hydrogens (tertiary/aromatic N) is 7. The Morgan fingerprint density at radius 3 is 2.31 bits per heavy atom. The molecule has 1 atom stereocenters. The second kappa shape index (κ2) is 14.2. The zero-order chi connectivity index (χ0) is 29.6. The summed E-state index contributed by atoms with van der Waals surface area (Å²) in [7, 11) is 1.52. The predicted molar refractivity (Wildman–Crippen MR) is 168 cm³/mol. The molecule has 4 heterocycles. The van der Waals surface area contributed by atoms with Gasteiger partial charge in [-0.2, -0.15) is 4.98 Å². The molecule has 1 aromatic carbocycles. The molecule has 5 rings (SSSR count). The molecule has 1 N–H and O–H groups in total. The van der Waals surface area contributed by atoms with Gasteiger partial charge in [0.2, 0.25) is 5.95 Å². The number of morpholine rings is 1. The zero-order valence-electron chi connectivity index (χ0n) is 25.2. The third kappa shape index (κ3) is 7.28. The minimum absolute atomic E-state index is 0.201. The second-order valence-corrected chi connectivity index (χ2v) is 12.9. The van der Waals surface area contributed by atoms with Gasteiger partial charge in [0.25, 0.3) is 5.56 Å². The smallest absolute Gasteiger partial charge is 0.332 e. The van der Waals surface area contributed by atoms with Gasteiger partial charge in [-0.3, -0.25) is 18.8 Å². The summed E-state index contributed by atoms with van der Waals surface area (Å²) in [4.78, 5) is 39.6. The number of benzene rings is 1. The van der Waals surface area contributed by atoms with Crippen molar-refractivity contribution >= 4 is 28.9 Å². The Morgan fingerprint density at radius 2 is 1.62 bits per heavy atom. The van der Waals surface area contributed by atoms with E-state index in [1.165, 1.54) is 11.9 Å². The fraction of sp³-hybridized carbons (Fsp3) is 0.633. The lowest BCUT2D eigenvalue weighted by molar-refractivity contribution is 0.0649. The van der Waals surface area contributed by atoms with Gasteiger partial charge in [0.1, 0.15) is 0 Å². The van der Waals surface area contributed by atoms with Crippen LogP contribution in [0.4, 0.5) is 5.95 Å². The number of fused-ring (bicyclic) bond motifs is 1. The van der Waals surface area contributed by atoms with E-state index < -0.39 is 6.10 Å². The lowest BCUT2D eigenvalue weighted by Crippen LogP contribution is -2.49. The van der Waals surface area contributed by atoms with Gasteiger partial charge in [-0.05, 0) is 36.8 Å². The van der Waals surface area contributed by atoms with Crippen LogP contribution in [0.1, 0.15) is 20.3 Å². The number of imidazole rings is 1. The van der Waals surface area contributed by atoms with Crippen molar-refractivity contribution in [3.05, 3.63) is 51.2 Å². The summed E-state index contributed by atoms with van der Waals surface area (Å²) in [6.07, 6.45) is 0.461. The second-order valence-electron chi connectivity index (χ2n) is 11.8. The van der Waals surface area contributed by atoms with Crippen molar-refractivity contribution in [2.75, 3.05) is 76.2 Å². The highest BCUT2D eigenvalue weighted by Crippen LogP contribution is 2.23. The van der Waals surface area contributed by atoms with Gasteiger partial charge in [0.15, 0.2) is 11.2 Å². The molecule has 11 nitrogen and oxygen atoms in total. The fourth-order valence-electron chi connectivity index (χ4n) is 5.81. The van der Waals surface area contributed by atoms with Crippen molar-refractivity contribution in [2.24, 2.45) is 13.0 Å². The molecule has 3 aromatic rings. The molecule has 42 heavy (non-hydrogen) atoms. The number of β-amino-alcohol motifs (C(OH)–C–C–N with tert-alkyl or cyclic N) is 1. The van der Waals surface area contributed by atoms with Crippen LogP contribution < -0.4 is 16.1 Å². The van der Waals surface area contributed by atoms with Crippen molar-refractivity contribution in [1.29, 1.82) is 0 Å². The third-order valence-corrected chi connectivity index (χ3v) is 9.11. The van der Waals surface area contributed by atoms with E-state index in [0.29, 0.717) is 56.5 Å². The minimum atomic E-state index is -0.689. The molecule has 0 aliphatic carbocycles. The number of hydrogen-bond donors (Lipinski definition) is 1. The van der Waals surface area contributed by atoms with Crippen molar-refractivity contribution in [1.82, 2.24) is 28.5 Å². The summed E-state index contributed by atoms with van der Waals surface area (Å²) in [6.45, 7) is 12.6. The van der Waals surface area contributed by atoms with Crippen LogP contribution in [0.25, 0.3) is 11.2 Å². The zero-order valence-corrected chi connectivity index (χ0v) is 26.0. The van der Waals surface area contributed by atoms with E-state index in [2.05, 4.69) is 45.0 Å². The Kier molecular flexibility index (Phi) is 10.4. The topological polar surface area (TPSA) is 101 Å². The van der Waals surface area contributed by atoms with E-state index in [4.69, 9.17) is 9.72 Å². The first-order valence-corrected chi connectivity index (χ1v) is 16.1. The first kappa shape index (κ1) is 30.8. The molecular formula is C30H45N7O4S. The van der Waals surface area contributed by atoms with E-state index in [9.17, 15) is 14.7 Å². The van der Waals surface area contributed by atoms with Crippen LogP contribution in [-0.4, -0.2) is 111 Å². The molecule has 2 aromatic heterocycles. The average Bonchev–Trinajstić information content (AvgIpc) is 3.37. The Balaban J connectivity index is 1.25. The average molecular weight is 600 g/mol. The maximum absolute atomic E-state index is 13.4. The molecule has 230 valence electrons. The monoisotopic (exact) mass is 599 g/mol. The summed E-state index contributed by atoms with van der Waals surface area (Å²) in [5.74, 6) is 1.93. The minimum Gasteiger partial charge on any atom is -0.390 e. The standard InChI is InChI=1S/C30H45N7O4S/c1-23(2)20-37-27-26(28(39)32(3)30(37)40)36(29(31-27)35-15-17-41-18-16-35)22-24(38)21-34-13-11-33(12-14-34)10-7-19-42-25-8-5-4-6-9-25/h4-6,8-9,23-24,38H,7,10-22H2,1-3H3. The summed E-state index contributed by atoms with van der Waals surface area (Å²) in [5.41, 5.74) is 0.0192. The summed E-state index contributed by atoms with van der Waals surface area (Å²) in [5, 5.41) is 11.3. The van der Waals surface area contributed by atoms with Crippen LogP contribution in [0, 0.1) is 5.92 Å². The molecule has 0 bridgehead atoms. The Bertz CT molecular complexity index is 1420. The maximum atomic E-state index is 13.4. The van der Waals surface area contributed by atoms with Crippen LogP contribution in [0.5, 0.6) is 0 Å². The quantitative estimate of drug-likeness (QED) is 0.246. The van der Waals surface area contributed by atoms with Crippen LogP contribution in [0.15, 0.2) is 44.8 Å². The number of rotatable bonds is 12. The van der Waals surface area contributed by atoms with Crippen molar-refractivity contribution in [3.63, 3.8) is 0 Å². The molecule has 12 heteroatoms. The van der Waals surface area contributed by atoms with Gasteiger partial charge in [-0.15, -0.1) is 11.8 Å². The van der Waals surface area contributed by atoms with Crippen LogP contribution in [-0.2, 0) is 24.9 Å². The molecule has 0 saturated carbocycles. The number of aromatic nitrogens is 4. The molecule has 0 radical (unpaired) electrons. The Morgan fingerprint density at radius 1 is 0.929 bits per heavy atom. The molecule has 2 saturated heterocycles. The van der Waals surface area contributed by atoms with E-state index >= 15 is 0 Å². The van der Waals surface area contributed by atoms with E-state index in [1.54, 1.807) is 4.57 Å². The molecular weight excluding hydrogens is 554 g/mol. The van der Waals surface area contributed by atoms with Gasteiger partial charge in [0.05, 0.1) is 25.9 Å². The van der Waals surface area contributed by atoms with Crippen molar-refractivity contribution < 1.29 is 9.84 Å². The first-order chi connectivity index (χ1) is 20.3. The van der Waals surface area contributed by atoms with Crippen molar-refractivity contribution in [2.45, 2.75) is 44.4 Å². The highest BCUT2D eigenvalue weighted by Gasteiger charge is 2.27. The largest absolute Gasteiger partial charge is 0.390 e. The van der Waals surface area contributed by atoms with Gasteiger partial charge < -0.3 is 24.2 Å². The Labute approximate surface area is 251 Å². The number of aliphatic hydroxyl groups is 1. The molecule has 0 spiro atoms. The number of ether oxygens (including phenoxy) is 1. The first-order valence-electron chi connectivity index (χ1n) is 15.1. The van der Waals surface area contributed by atoms with Gasteiger partial charge in [-0.25, -0.2) is 4.79 Å². The lowest BCUT2D eigenvalue weighted by Gasteiger charge is -2.36. The van der Waals surface area contributed by atoms with Crippen LogP contribution >= 0.6 is 11.8 Å². The molecule has 2 aliphatic rings. The maximum Gasteiger partial charge on any atom is 0.332 e. The highest BCUT2D eigenvalue weighted by atomic mass is 32.2. The lowest BCUT2D eigenvalue weighted by atomic mass is 10.2. The highest BCUT2D eigenvalue weighted by molar-refractivity contribution is 7.99. The molecule has 1 unspecified atom stereocenters. The van der Waals surface area contributed by atoms with Crippen molar-refractivity contribution in [3.8, 4) is 0 Å². The number of aliphatic hydroxyl groups excluding tert-OH is 1. The Hall–Kier alpha value is -2.64. The normalized spacial score (nSPS) is 17.9. The fourth-order valence-corrected chi connectivity index (χ4v) is 6.67. The number of thioether (sulfide) groups is 1. The number of anilines is 1. The van der Waals surface area contributed by atoms with E-state index in [1.807, 2.05) is 30.2 Å². The van der Waals surface area contributed by atoms with Crippen LogP contribution in [0.2, 0.25) is 0 Å². The SMILES string of the molecule is CC(C)Cn1c(=O)n(C)c(=O)c2c1nc(N1CCOCC1)n2CC(O)CN1CCN(CCCSc2ccccc2)CC1. The van der Waals surface area contributed by atoms with E-state index in [0.717, 1.165) is 49.5 Å². The van der Waals surface area contributed by atoms with Gasteiger partial charge >= 0.3 is 5.69 Å². The van der Waals surface area contributed by atoms with Crippen LogP contribution in [0.3, 0.4) is 0 Å². The third-order valence-electron chi connectivity index (χ3n) is 8.01. The molecule has 2 aliphatic heterocycles. The number of hydrogen-bond acceptors (Lipinski definition) is 9. The molecule has 2 fully saturated rings. The van der Waals surface area contributed by atoms with Gasteiger partial charge in [0, 0.05) is 64.3 Å². The summed E-state index contributed by atoms with van der Waals surface area (Å²) < 4.78 is 10.2.